The van der Waals surface area contributed by atoms with Gasteiger partial charge in [-0.15, -0.1) is 11.3 Å². The van der Waals surface area contributed by atoms with Gasteiger partial charge in [0, 0.05) is 10.4 Å². The Labute approximate surface area is 206 Å². The van der Waals surface area contributed by atoms with Crippen LogP contribution in [0.15, 0.2) is 12.1 Å². The van der Waals surface area contributed by atoms with Gasteiger partial charge in [0.1, 0.15) is 5.00 Å². The Morgan fingerprint density at radius 3 is 2.41 bits per heavy atom. The Morgan fingerprint density at radius 1 is 1.25 bits per heavy atom. The molecule has 1 aromatic carbocycles. The third kappa shape index (κ3) is 5.20. The summed E-state index contributed by atoms with van der Waals surface area (Å²) in [7, 11) is 1.44. The fourth-order valence-electron chi connectivity index (χ4n) is 3.87. The zero-order valence-corrected chi connectivity index (χ0v) is 21.4. The number of rotatable bonds is 4. The number of thiocarbonyl (C=S) groups is 1. The van der Waals surface area contributed by atoms with E-state index in [0.717, 1.165) is 29.7 Å². The molecule has 0 unspecified atom stereocenters. The van der Waals surface area contributed by atoms with E-state index in [4.69, 9.17) is 45.9 Å². The summed E-state index contributed by atoms with van der Waals surface area (Å²) in [6, 6.07) is 2.88. The van der Waals surface area contributed by atoms with Crippen LogP contribution in [0.5, 0.6) is 5.75 Å². The van der Waals surface area contributed by atoms with Gasteiger partial charge < -0.3 is 15.8 Å². The predicted octanol–water partition coefficient (Wildman–Crippen LogP) is 5.44. The average Bonchev–Trinajstić information content (AvgIpc) is 3.03. The number of carbonyl (C=O) groups is 2. The van der Waals surface area contributed by atoms with Crippen molar-refractivity contribution in [3.63, 3.8) is 0 Å². The summed E-state index contributed by atoms with van der Waals surface area (Å²) in [5.74, 6) is -0.210. The number of amides is 2. The molecule has 4 N–H and O–H groups in total. The Hall–Kier alpha value is -1.87. The minimum atomic E-state index is -0.512. The van der Waals surface area contributed by atoms with E-state index >= 15 is 0 Å². The van der Waals surface area contributed by atoms with Crippen molar-refractivity contribution in [2.75, 3.05) is 12.4 Å². The number of thiophene rings is 1. The first-order valence-electron chi connectivity index (χ1n) is 10.0. The molecule has 1 aliphatic carbocycles. The van der Waals surface area contributed by atoms with Crippen LogP contribution in [0.1, 0.15) is 58.3 Å². The number of benzene rings is 1. The van der Waals surface area contributed by atoms with E-state index in [1.54, 1.807) is 0 Å². The summed E-state index contributed by atoms with van der Waals surface area (Å²) in [6.45, 7) is 6.69. The molecule has 2 amide bonds. The van der Waals surface area contributed by atoms with Crippen LogP contribution >= 0.6 is 46.8 Å². The molecule has 0 radical (unpaired) electrons. The first kappa shape index (κ1) is 24.8. The fourth-order valence-corrected chi connectivity index (χ4v) is 6.11. The van der Waals surface area contributed by atoms with E-state index in [-0.39, 0.29) is 31.9 Å². The number of hydrogen-bond acceptors (Lipinski definition) is 5. The quantitative estimate of drug-likeness (QED) is 0.473. The molecule has 10 heteroatoms. The molecule has 32 heavy (non-hydrogen) atoms. The van der Waals surface area contributed by atoms with E-state index in [1.807, 2.05) is 0 Å². The number of hydrogen-bond donors (Lipinski definition) is 3. The normalized spacial score (nSPS) is 15.6. The monoisotopic (exact) mass is 513 g/mol. The third-order valence-corrected chi connectivity index (χ3v) is 7.59. The van der Waals surface area contributed by atoms with Crippen molar-refractivity contribution in [1.29, 1.82) is 0 Å². The van der Waals surface area contributed by atoms with Crippen LogP contribution in [0.25, 0.3) is 0 Å². The topological polar surface area (TPSA) is 93.4 Å². The zero-order valence-electron chi connectivity index (χ0n) is 18.2. The molecule has 1 aromatic heterocycles. The van der Waals surface area contributed by atoms with Gasteiger partial charge in [-0.3, -0.25) is 14.9 Å². The minimum absolute atomic E-state index is 0.0477. The van der Waals surface area contributed by atoms with Gasteiger partial charge in [0.25, 0.3) is 11.8 Å². The zero-order chi connectivity index (χ0) is 23.8. The highest BCUT2D eigenvalue weighted by Gasteiger charge is 2.33. The van der Waals surface area contributed by atoms with Crippen LogP contribution in [0, 0.1) is 11.3 Å². The maximum atomic E-state index is 12.6. The van der Waals surface area contributed by atoms with E-state index in [2.05, 4.69) is 31.4 Å². The lowest BCUT2D eigenvalue weighted by Crippen LogP contribution is -2.34. The number of primary amides is 1. The van der Waals surface area contributed by atoms with E-state index in [0.29, 0.717) is 16.5 Å². The largest absolute Gasteiger partial charge is 0.494 e. The number of methoxy groups -OCH3 is 1. The lowest BCUT2D eigenvalue weighted by Gasteiger charge is -2.33. The second-order valence-electron chi connectivity index (χ2n) is 8.76. The molecule has 1 aliphatic rings. The molecular weight excluding hydrogens is 489 g/mol. The molecule has 0 saturated carbocycles. The molecule has 2 aromatic rings. The lowest BCUT2D eigenvalue weighted by molar-refractivity contribution is 0.0975. The van der Waals surface area contributed by atoms with Crippen molar-refractivity contribution in [3.05, 3.63) is 43.7 Å². The second kappa shape index (κ2) is 9.55. The van der Waals surface area contributed by atoms with Crippen molar-refractivity contribution in [3.8, 4) is 5.75 Å². The van der Waals surface area contributed by atoms with Crippen LogP contribution in [0.4, 0.5) is 5.00 Å². The molecule has 0 spiro atoms. The van der Waals surface area contributed by atoms with Gasteiger partial charge in [0.2, 0.25) is 0 Å². The van der Waals surface area contributed by atoms with Crippen molar-refractivity contribution < 1.29 is 14.3 Å². The van der Waals surface area contributed by atoms with Crippen molar-refractivity contribution in [2.24, 2.45) is 17.1 Å². The molecule has 3 rings (SSSR count). The molecule has 6 nitrogen and oxygen atoms in total. The Kier molecular flexibility index (Phi) is 7.39. The predicted molar refractivity (Wildman–Crippen MR) is 135 cm³/mol. The van der Waals surface area contributed by atoms with E-state index in [1.165, 1.54) is 30.6 Å². The number of ether oxygens (including phenoxy) is 1. The standard InChI is InChI=1S/C22H25Cl2N3O3S2/c1-22(2,3)11-5-6-12-15(9-11)32-20(16(12)18(25)28)27-21(31)26-19(29)10-7-13(23)17(30-4)14(24)8-10/h7-8,11H,5-6,9H2,1-4H3,(H2,25,28)(H2,26,27,29,31)/t11-/m0/s1. The summed E-state index contributed by atoms with van der Waals surface area (Å²) in [5.41, 5.74) is 7.51. The van der Waals surface area contributed by atoms with Crippen molar-refractivity contribution in [2.45, 2.75) is 40.0 Å². The Balaban J connectivity index is 1.79. The summed E-state index contributed by atoms with van der Waals surface area (Å²) in [6.07, 6.45) is 2.66. The Bertz CT molecular complexity index is 1070. The van der Waals surface area contributed by atoms with Gasteiger partial charge in [0.15, 0.2) is 10.9 Å². The fraction of sp³-hybridized carbons (Fsp3) is 0.409. The first-order valence-corrected chi connectivity index (χ1v) is 12.0. The average molecular weight is 515 g/mol. The van der Waals surface area contributed by atoms with Gasteiger partial charge in [-0.2, -0.15) is 0 Å². The number of carbonyl (C=O) groups excluding carboxylic acids is 2. The minimum Gasteiger partial charge on any atom is -0.494 e. The first-order chi connectivity index (χ1) is 14.9. The van der Waals surface area contributed by atoms with Gasteiger partial charge >= 0.3 is 0 Å². The highest BCUT2D eigenvalue weighted by molar-refractivity contribution is 7.80. The molecule has 172 valence electrons. The number of anilines is 1. The molecule has 0 saturated heterocycles. The summed E-state index contributed by atoms with van der Waals surface area (Å²) >= 11 is 19.0. The SMILES string of the molecule is COc1c(Cl)cc(C(=O)NC(=S)Nc2sc3c(c2C(N)=O)CC[C@H](C(C)(C)C)C3)cc1Cl. The van der Waals surface area contributed by atoms with Crippen molar-refractivity contribution in [1.82, 2.24) is 5.32 Å². The number of nitrogens with two attached hydrogens (primary N) is 1. The molecule has 1 atom stereocenters. The van der Waals surface area contributed by atoms with Crippen molar-refractivity contribution >= 4 is 68.7 Å². The molecule has 1 heterocycles. The highest BCUT2D eigenvalue weighted by Crippen LogP contribution is 2.44. The maximum absolute atomic E-state index is 12.6. The van der Waals surface area contributed by atoms with Crippen LogP contribution in [-0.2, 0) is 12.8 Å². The lowest BCUT2D eigenvalue weighted by atomic mass is 9.72. The molecular formula is C22H25Cl2N3O3S2. The number of halogens is 2. The van der Waals surface area contributed by atoms with Gasteiger partial charge in [-0.25, -0.2) is 0 Å². The highest BCUT2D eigenvalue weighted by atomic mass is 35.5. The Morgan fingerprint density at radius 2 is 1.88 bits per heavy atom. The summed E-state index contributed by atoms with van der Waals surface area (Å²) in [4.78, 5) is 26.0. The van der Waals surface area contributed by atoms with E-state index in [9.17, 15) is 9.59 Å². The number of fused-ring (bicyclic) bond motifs is 1. The van der Waals surface area contributed by atoms with E-state index < -0.39 is 11.8 Å². The van der Waals surface area contributed by atoms with Crippen LogP contribution < -0.4 is 21.1 Å². The van der Waals surface area contributed by atoms with Crippen LogP contribution in [-0.4, -0.2) is 24.0 Å². The molecule has 0 aliphatic heterocycles. The number of nitrogens with one attached hydrogen (secondary N) is 2. The second-order valence-corrected chi connectivity index (χ2v) is 11.1. The van der Waals surface area contributed by atoms with Gasteiger partial charge in [-0.05, 0) is 60.5 Å². The van der Waals surface area contributed by atoms with Crippen LogP contribution in [0.3, 0.4) is 0 Å². The third-order valence-electron chi connectivity index (χ3n) is 5.66. The maximum Gasteiger partial charge on any atom is 0.257 e. The summed E-state index contributed by atoms with van der Waals surface area (Å²) < 4.78 is 5.10. The summed E-state index contributed by atoms with van der Waals surface area (Å²) in [5, 5.41) is 6.59. The van der Waals surface area contributed by atoms with Gasteiger partial charge in [-0.1, -0.05) is 44.0 Å². The van der Waals surface area contributed by atoms with Crippen LogP contribution in [0.2, 0.25) is 10.0 Å². The molecule has 0 bridgehead atoms. The smallest absolute Gasteiger partial charge is 0.257 e. The van der Waals surface area contributed by atoms with Gasteiger partial charge in [0.05, 0.1) is 22.7 Å². The molecule has 0 fully saturated rings.